The molecule has 0 aliphatic rings. The van der Waals surface area contributed by atoms with Crippen LogP contribution >= 0.6 is 12.2 Å². The quantitative estimate of drug-likeness (QED) is 0.820. The van der Waals surface area contributed by atoms with Crippen LogP contribution in [-0.2, 0) is 6.54 Å². The van der Waals surface area contributed by atoms with Gasteiger partial charge in [-0.15, -0.1) is 0 Å². The van der Waals surface area contributed by atoms with Crippen molar-refractivity contribution in [2.24, 2.45) is 0 Å². The highest BCUT2D eigenvalue weighted by atomic mass is 32.1. The molecule has 0 saturated heterocycles. The van der Waals surface area contributed by atoms with Crippen LogP contribution in [0.3, 0.4) is 0 Å². The van der Waals surface area contributed by atoms with Crippen molar-refractivity contribution in [1.82, 2.24) is 15.1 Å². The molecule has 1 aromatic carbocycles. The molecule has 2 aromatic rings. The van der Waals surface area contributed by atoms with Crippen molar-refractivity contribution >= 4 is 23.0 Å². The molecule has 2 rings (SSSR count). The highest BCUT2D eigenvalue weighted by Crippen LogP contribution is 2.25. The average Bonchev–Trinajstić information content (AvgIpc) is 2.88. The third kappa shape index (κ3) is 4.22. The van der Waals surface area contributed by atoms with Gasteiger partial charge in [-0.3, -0.25) is 4.68 Å². The smallest absolute Gasteiger partial charge is 0.171 e. The summed E-state index contributed by atoms with van der Waals surface area (Å²) in [6, 6.07) is 6.02. The Hall–Kier alpha value is -2.08. The molecule has 1 atom stereocenters. The number of aromatic nitrogens is 2. The lowest BCUT2D eigenvalue weighted by atomic mass is 10.1. The Morgan fingerprint density at radius 3 is 2.74 bits per heavy atom. The molecule has 0 aliphatic carbocycles. The number of nitrogens with one attached hydrogen (secondary N) is 2. The number of anilines is 1. The third-order valence-corrected chi connectivity index (χ3v) is 3.95. The van der Waals surface area contributed by atoms with Gasteiger partial charge < -0.3 is 15.4 Å². The van der Waals surface area contributed by atoms with E-state index in [1.807, 2.05) is 36.7 Å². The second-order valence-corrected chi connectivity index (χ2v) is 5.96. The number of rotatable bonds is 5. The Balaban J connectivity index is 2.07. The molecular weight excluding hydrogens is 308 g/mol. The maximum absolute atomic E-state index is 5.44. The van der Waals surface area contributed by atoms with Crippen LogP contribution in [-0.4, -0.2) is 22.0 Å². The molecule has 23 heavy (non-hydrogen) atoms. The Kier molecular flexibility index (Phi) is 5.60. The molecule has 124 valence electrons. The Bertz CT molecular complexity index is 696. The lowest BCUT2D eigenvalue weighted by molar-refractivity contribution is 0.417. The van der Waals surface area contributed by atoms with Gasteiger partial charge >= 0.3 is 0 Å². The number of thiocarbonyl (C=S) groups is 1. The fourth-order valence-corrected chi connectivity index (χ4v) is 2.76. The SMILES string of the molecule is CCn1cc(C(C)NC(=S)Nc2cc(C)ccc2OC)c(C)n1. The van der Waals surface area contributed by atoms with Crippen molar-refractivity contribution in [2.45, 2.75) is 40.3 Å². The van der Waals surface area contributed by atoms with E-state index < -0.39 is 0 Å². The van der Waals surface area contributed by atoms with E-state index in [1.165, 1.54) is 0 Å². The van der Waals surface area contributed by atoms with Gasteiger partial charge in [0.1, 0.15) is 5.75 Å². The minimum Gasteiger partial charge on any atom is -0.495 e. The monoisotopic (exact) mass is 332 g/mol. The van der Waals surface area contributed by atoms with Crippen LogP contribution < -0.4 is 15.4 Å². The van der Waals surface area contributed by atoms with Crippen molar-refractivity contribution in [2.75, 3.05) is 12.4 Å². The molecule has 0 spiro atoms. The van der Waals surface area contributed by atoms with E-state index in [4.69, 9.17) is 17.0 Å². The second-order valence-electron chi connectivity index (χ2n) is 5.55. The van der Waals surface area contributed by atoms with Gasteiger partial charge in [-0.05, 0) is 57.6 Å². The largest absolute Gasteiger partial charge is 0.495 e. The second kappa shape index (κ2) is 7.46. The maximum atomic E-state index is 5.44. The van der Waals surface area contributed by atoms with Crippen molar-refractivity contribution in [3.05, 3.63) is 41.2 Å². The fourth-order valence-electron chi connectivity index (χ4n) is 2.47. The summed E-state index contributed by atoms with van der Waals surface area (Å²) in [5.74, 6) is 0.766. The summed E-state index contributed by atoms with van der Waals surface area (Å²) in [7, 11) is 1.65. The first-order chi connectivity index (χ1) is 10.9. The molecule has 2 N–H and O–H groups in total. The van der Waals surface area contributed by atoms with E-state index in [9.17, 15) is 0 Å². The van der Waals surface area contributed by atoms with Crippen molar-refractivity contribution in [3.8, 4) is 5.75 Å². The molecule has 0 aliphatic heterocycles. The standard InChI is InChI=1S/C17H24N4OS/c1-6-21-10-14(13(4)20-21)12(3)18-17(23)19-15-9-11(2)7-8-16(15)22-5/h7-10,12H,6H2,1-5H3,(H2,18,19,23). The van der Waals surface area contributed by atoms with Crippen LogP contribution in [0.1, 0.15) is 36.7 Å². The number of ether oxygens (including phenoxy) is 1. The van der Waals surface area contributed by atoms with Gasteiger partial charge in [0.15, 0.2) is 5.11 Å². The Morgan fingerprint density at radius 2 is 2.13 bits per heavy atom. The predicted molar refractivity (Wildman–Crippen MR) is 98.1 cm³/mol. The summed E-state index contributed by atoms with van der Waals surface area (Å²) in [5, 5.41) is 11.6. The van der Waals surface area contributed by atoms with Gasteiger partial charge in [-0.2, -0.15) is 5.10 Å². The molecular formula is C17H24N4OS. The zero-order valence-electron chi connectivity index (χ0n) is 14.3. The molecule has 1 heterocycles. The average molecular weight is 332 g/mol. The number of benzene rings is 1. The summed E-state index contributed by atoms with van der Waals surface area (Å²) < 4.78 is 7.30. The van der Waals surface area contributed by atoms with E-state index in [0.29, 0.717) is 5.11 Å². The lowest BCUT2D eigenvalue weighted by Gasteiger charge is -2.18. The van der Waals surface area contributed by atoms with Gasteiger partial charge in [0.05, 0.1) is 24.5 Å². The minimum absolute atomic E-state index is 0.0751. The zero-order valence-corrected chi connectivity index (χ0v) is 15.1. The van der Waals surface area contributed by atoms with Crippen LogP contribution in [0.2, 0.25) is 0 Å². The first-order valence-electron chi connectivity index (χ1n) is 7.70. The molecule has 0 fully saturated rings. The third-order valence-electron chi connectivity index (χ3n) is 3.73. The van der Waals surface area contributed by atoms with Crippen molar-refractivity contribution < 1.29 is 4.74 Å². The fraction of sp³-hybridized carbons (Fsp3) is 0.412. The topological polar surface area (TPSA) is 51.1 Å². The van der Waals surface area contributed by atoms with Crippen molar-refractivity contribution in [3.63, 3.8) is 0 Å². The molecule has 0 saturated carbocycles. The summed E-state index contributed by atoms with van der Waals surface area (Å²) in [4.78, 5) is 0. The molecule has 6 heteroatoms. The summed E-state index contributed by atoms with van der Waals surface area (Å²) >= 11 is 5.44. The Morgan fingerprint density at radius 1 is 1.39 bits per heavy atom. The molecule has 0 radical (unpaired) electrons. The van der Waals surface area contributed by atoms with Gasteiger partial charge in [0.25, 0.3) is 0 Å². The van der Waals surface area contributed by atoms with Crippen LogP contribution in [0.25, 0.3) is 0 Å². The number of hydrogen-bond donors (Lipinski definition) is 2. The van der Waals surface area contributed by atoms with E-state index in [1.54, 1.807) is 7.11 Å². The molecule has 1 unspecified atom stereocenters. The number of hydrogen-bond acceptors (Lipinski definition) is 3. The van der Waals surface area contributed by atoms with E-state index in [2.05, 4.69) is 35.8 Å². The Labute approximate surface area is 143 Å². The number of methoxy groups -OCH3 is 1. The van der Waals surface area contributed by atoms with Gasteiger partial charge in [0.2, 0.25) is 0 Å². The van der Waals surface area contributed by atoms with E-state index in [-0.39, 0.29) is 6.04 Å². The van der Waals surface area contributed by atoms with Gasteiger partial charge in [-0.1, -0.05) is 6.07 Å². The normalized spacial score (nSPS) is 11.9. The predicted octanol–water partition coefficient (Wildman–Crippen LogP) is 3.58. The van der Waals surface area contributed by atoms with Crippen molar-refractivity contribution in [1.29, 1.82) is 0 Å². The summed E-state index contributed by atoms with van der Waals surface area (Å²) in [6.45, 7) is 9.05. The lowest BCUT2D eigenvalue weighted by Crippen LogP contribution is -2.31. The van der Waals surface area contributed by atoms with E-state index in [0.717, 1.165) is 34.8 Å². The molecule has 1 aromatic heterocycles. The van der Waals surface area contributed by atoms with Gasteiger partial charge in [-0.25, -0.2) is 0 Å². The first kappa shape index (κ1) is 17.3. The van der Waals surface area contributed by atoms with Crippen LogP contribution in [0.5, 0.6) is 5.75 Å². The first-order valence-corrected chi connectivity index (χ1v) is 8.11. The highest BCUT2D eigenvalue weighted by Gasteiger charge is 2.14. The van der Waals surface area contributed by atoms with Crippen LogP contribution in [0, 0.1) is 13.8 Å². The molecule has 5 nitrogen and oxygen atoms in total. The summed E-state index contributed by atoms with van der Waals surface area (Å²) in [5.41, 5.74) is 4.16. The van der Waals surface area contributed by atoms with E-state index >= 15 is 0 Å². The molecule has 0 amide bonds. The minimum atomic E-state index is 0.0751. The number of nitrogens with zero attached hydrogens (tertiary/aromatic N) is 2. The summed E-state index contributed by atoms with van der Waals surface area (Å²) in [6.07, 6.45) is 2.06. The van der Waals surface area contributed by atoms with Crippen LogP contribution in [0.15, 0.2) is 24.4 Å². The highest BCUT2D eigenvalue weighted by molar-refractivity contribution is 7.80. The number of aryl methyl sites for hydroxylation is 3. The van der Waals surface area contributed by atoms with Crippen LogP contribution in [0.4, 0.5) is 5.69 Å². The van der Waals surface area contributed by atoms with Gasteiger partial charge in [0, 0.05) is 18.3 Å². The molecule has 0 bridgehead atoms. The zero-order chi connectivity index (χ0) is 17.0. The maximum Gasteiger partial charge on any atom is 0.171 e.